The molecule has 0 aliphatic rings. The van der Waals surface area contributed by atoms with Crippen molar-refractivity contribution in [2.75, 3.05) is 0 Å². The molecule has 0 aromatic rings. The summed E-state index contributed by atoms with van der Waals surface area (Å²) < 4.78 is -0.220. The first-order chi connectivity index (χ1) is 5.95. The molecule has 0 atom stereocenters. The van der Waals surface area contributed by atoms with E-state index in [9.17, 15) is 4.79 Å². The largest absolute Gasteiger partial charge is 0.301 e. The van der Waals surface area contributed by atoms with Gasteiger partial charge in [-0.1, -0.05) is 34.6 Å². The summed E-state index contributed by atoms with van der Waals surface area (Å²) in [4.78, 5) is 11.1. The van der Waals surface area contributed by atoms with Gasteiger partial charge in [-0.25, -0.2) is 0 Å². The molecule has 0 unspecified atom stereocenters. The summed E-state index contributed by atoms with van der Waals surface area (Å²) in [5, 5.41) is 1.02. The van der Waals surface area contributed by atoms with Crippen LogP contribution in [0.1, 0.15) is 41.0 Å². The summed E-state index contributed by atoms with van der Waals surface area (Å²) in [6, 6.07) is 0. The van der Waals surface area contributed by atoms with Crippen molar-refractivity contribution >= 4 is 29.8 Å². The van der Waals surface area contributed by atoms with Gasteiger partial charge in [-0.05, 0) is 6.42 Å². The molecule has 0 heterocycles. The van der Waals surface area contributed by atoms with Gasteiger partial charge in [-0.3, -0.25) is 0 Å². The van der Waals surface area contributed by atoms with Gasteiger partial charge in [0.05, 0.1) is 0 Å². The second kappa shape index (κ2) is 5.97. The van der Waals surface area contributed by atoms with E-state index < -0.39 is 0 Å². The molecule has 0 fully saturated rings. The molecule has 0 spiro atoms. The lowest BCUT2D eigenvalue weighted by Crippen LogP contribution is -2.25. The number of hydrogen-bond acceptors (Lipinski definition) is 3. The Labute approximate surface area is 90.4 Å². The van der Waals surface area contributed by atoms with E-state index in [4.69, 9.17) is 0 Å². The highest BCUT2D eigenvalue weighted by atomic mass is 32.2. The summed E-state index contributed by atoms with van der Waals surface area (Å²) in [6.45, 7) is 10.6. The highest BCUT2D eigenvalue weighted by Crippen LogP contribution is 2.42. The number of rotatable bonds is 6. The van der Waals surface area contributed by atoms with Gasteiger partial charge in [0.1, 0.15) is 10.4 Å². The van der Waals surface area contributed by atoms with Crippen molar-refractivity contribution in [3.05, 3.63) is 0 Å². The van der Waals surface area contributed by atoms with E-state index in [2.05, 4.69) is 34.6 Å². The average Bonchev–Trinajstić information content (AvgIpc) is 2.01. The molecule has 1 nitrogen and oxygen atoms in total. The Bertz CT molecular complexity index is 145. The third-order valence-corrected chi connectivity index (χ3v) is 4.63. The van der Waals surface area contributed by atoms with Crippen LogP contribution in [0.3, 0.4) is 0 Å². The topological polar surface area (TPSA) is 17.1 Å². The van der Waals surface area contributed by atoms with Crippen molar-refractivity contribution in [2.24, 2.45) is 0 Å². The van der Waals surface area contributed by atoms with Gasteiger partial charge in [0, 0.05) is 10.5 Å². The lowest BCUT2D eigenvalue weighted by atomic mass is 10.3. The Morgan fingerprint density at radius 1 is 1.15 bits per heavy atom. The summed E-state index contributed by atoms with van der Waals surface area (Å²) in [5.74, 6) is 0. The van der Waals surface area contributed by atoms with Crippen molar-refractivity contribution in [2.45, 2.75) is 55.6 Å². The molecule has 0 aromatic heterocycles. The summed E-state index contributed by atoms with van der Waals surface area (Å²) in [7, 11) is 0. The molecule has 78 valence electrons. The molecule has 0 radical (unpaired) electrons. The van der Waals surface area contributed by atoms with Gasteiger partial charge in [-0.15, -0.1) is 23.5 Å². The molecule has 0 bridgehead atoms. The van der Waals surface area contributed by atoms with Crippen molar-refractivity contribution in [1.82, 2.24) is 0 Å². The van der Waals surface area contributed by atoms with Crippen LogP contribution >= 0.6 is 23.5 Å². The third-order valence-electron chi connectivity index (χ3n) is 1.54. The predicted molar refractivity (Wildman–Crippen MR) is 64.5 cm³/mol. The molecule has 0 saturated carbocycles. The van der Waals surface area contributed by atoms with Gasteiger partial charge in [0.2, 0.25) is 0 Å². The Hall–Kier alpha value is 0.370. The zero-order chi connectivity index (χ0) is 10.5. The number of hydrogen-bond donors (Lipinski definition) is 0. The third kappa shape index (κ3) is 4.96. The molecule has 3 heteroatoms. The van der Waals surface area contributed by atoms with Gasteiger partial charge in [0.25, 0.3) is 0 Å². The molecule has 0 N–H and O–H groups in total. The molecule has 0 aromatic carbocycles. The van der Waals surface area contributed by atoms with Gasteiger partial charge < -0.3 is 4.79 Å². The molecule has 0 aliphatic carbocycles. The minimum Gasteiger partial charge on any atom is -0.301 e. The van der Waals surface area contributed by atoms with Gasteiger partial charge in [0.15, 0.2) is 0 Å². The maximum atomic E-state index is 11.1. The van der Waals surface area contributed by atoms with Crippen LogP contribution in [0.15, 0.2) is 0 Å². The minimum atomic E-state index is -0.220. The number of carbonyl (C=O) groups excluding carboxylic acids is 1. The quantitative estimate of drug-likeness (QED) is 0.503. The van der Waals surface area contributed by atoms with E-state index in [1.54, 1.807) is 23.5 Å². The lowest BCUT2D eigenvalue weighted by Gasteiger charge is -2.29. The van der Waals surface area contributed by atoms with Crippen LogP contribution in [-0.4, -0.2) is 20.9 Å². The highest BCUT2D eigenvalue weighted by Gasteiger charge is 2.31. The number of thioether (sulfide) groups is 2. The van der Waals surface area contributed by atoms with Crippen LogP contribution in [0.5, 0.6) is 0 Å². The van der Waals surface area contributed by atoms with E-state index >= 15 is 0 Å². The van der Waals surface area contributed by atoms with Gasteiger partial charge in [-0.2, -0.15) is 0 Å². The summed E-state index contributed by atoms with van der Waals surface area (Å²) >= 11 is 3.54. The second-order valence-electron chi connectivity index (χ2n) is 3.62. The molecular formula is C10H20OS2. The first kappa shape index (κ1) is 13.4. The van der Waals surface area contributed by atoms with Crippen molar-refractivity contribution < 1.29 is 4.79 Å². The van der Waals surface area contributed by atoms with Crippen molar-refractivity contribution in [3.8, 4) is 0 Å². The van der Waals surface area contributed by atoms with Crippen LogP contribution in [-0.2, 0) is 4.79 Å². The molecule has 0 saturated heterocycles. The Kier molecular flexibility index (Phi) is 6.14. The van der Waals surface area contributed by atoms with E-state index in [1.165, 1.54) is 0 Å². The monoisotopic (exact) mass is 220 g/mol. The maximum absolute atomic E-state index is 11.1. The first-order valence-electron chi connectivity index (χ1n) is 4.77. The standard InChI is InChI=1S/C10H20OS2/c1-6-10(7-11,12-8(2)3)13-9(4)5/h7-9H,6H2,1-5H3. The highest BCUT2D eigenvalue weighted by molar-refractivity contribution is 8.19. The molecule has 0 rings (SSSR count). The Morgan fingerprint density at radius 3 is 1.69 bits per heavy atom. The Morgan fingerprint density at radius 2 is 1.54 bits per heavy atom. The van der Waals surface area contributed by atoms with Crippen LogP contribution in [0, 0.1) is 0 Å². The summed E-state index contributed by atoms with van der Waals surface area (Å²) in [6.07, 6.45) is 2.02. The van der Waals surface area contributed by atoms with Gasteiger partial charge >= 0.3 is 0 Å². The van der Waals surface area contributed by atoms with Crippen LogP contribution < -0.4 is 0 Å². The minimum absolute atomic E-state index is 0.220. The SMILES string of the molecule is CCC(C=O)(SC(C)C)SC(C)C. The molecule has 13 heavy (non-hydrogen) atoms. The van der Waals surface area contributed by atoms with Crippen LogP contribution in [0.4, 0.5) is 0 Å². The fourth-order valence-electron chi connectivity index (χ4n) is 1.13. The first-order valence-corrected chi connectivity index (χ1v) is 6.53. The normalized spacial score (nSPS) is 12.5. The van der Waals surface area contributed by atoms with E-state index in [0.29, 0.717) is 10.5 Å². The molecular weight excluding hydrogens is 200 g/mol. The lowest BCUT2D eigenvalue weighted by molar-refractivity contribution is -0.108. The Balaban J connectivity index is 4.39. The van der Waals surface area contributed by atoms with Crippen molar-refractivity contribution in [1.29, 1.82) is 0 Å². The van der Waals surface area contributed by atoms with E-state index in [-0.39, 0.29) is 4.08 Å². The van der Waals surface area contributed by atoms with E-state index in [1.807, 2.05) is 0 Å². The zero-order valence-electron chi connectivity index (χ0n) is 9.16. The number of carbonyl (C=O) groups is 1. The second-order valence-corrected chi connectivity index (χ2v) is 7.69. The maximum Gasteiger partial charge on any atom is 0.146 e. The van der Waals surface area contributed by atoms with Crippen LogP contribution in [0.2, 0.25) is 0 Å². The smallest absolute Gasteiger partial charge is 0.146 e. The fraction of sp³-hybridized carbons (Fsp3) is 0.900. The molecule has 0 amide bonds. The zero-order valence-corrected chi connectivity index (χ0v) is 10.8. The fourth-order valence-corrected chi connectivity index (χ4v) is 4.55. The van der Waals surface area contributed by atoms with E-state index in [0.717, 1.165) is 12.7 Å². The van der Waals surface area contributed by atoms with Crippen molar-refractivity contribution in [3.63, 3.8) is 0 Å². The summed E-state index contributed by atoms with van der Waals surface area (Å²) in [5.41, 5.74) is 0. The predicted octanol–water partition coefficient (Wildman–Crippen LogP) is 3.57. The number of aldehydes is 1. The molecule has 0 aliphatic heterocycles. The van der Waals surface area contributed by atoms with Crippen LogP contribution in [0.25, 0.3) is 0 Å². The average molecular weight is 220 g/mol.